The van der Waals surface area contributed by atoms with Gasteiger partial charge in [0.2, 0.25) is 0 Å². The first-order valence-electron chi connectivity index (χ1n) is 6.09. The van der Waals surface area contributed by atoms with Crippen LogP contribution in [0.4, 0.5) is 5.69 Å². The predicted molar refractivity (Wildman–Crippen MR) is 74.2 cm³/mol. The van der Waals surface area contributed by atoms with Crippen molar-refractivity contribution < 1.29 is 9.90 Å². The van der Waals surface area contributed by atoms with Crippen molar-refractivity contribution in [2.24, 2.45) is 0 Å². The van der Waals surface area contributed by atoms with Crippen molar-refractivity contribution in [3.8, 4) is 0 Å². The SMILES string of the molecule is CNC(C)(CCN(C)c1cccc(C)c1)C(=O)O. The molecule has 0 aliphatic heterocycles. The number of rotatable bonds is 6. The van der Waals surface area contributed by atoms with Crippen molar-refractivity contribution in [3.05, 3.63) is 29.8 Å². The Morgan fingerprint density at radius 1 is 1.50 bits per heavy atom. The van der Waals surface area contributed by atoms with Crippen LogP contribution in [0.1, 0.15) is 18.9 Å². The fourth-order valence-corrected chi connectivity index (χ4v) is 1.72. The second kappa shape index (κ2) is 5.87. The number of benzene rings is 1. The molecule has 0 radical (unpaired) electrons. The van der Waals surface area contributed by atoms with Gasteiger partial charge in [-0.1, -0.05) is 12.1 Å². The lowest BCUT2D eigenvalue weighted by Gasteiger charge is -2.28. The molecule has 0 aliphatic carbocycles. The van der Waals surface area contributed by atoms with Crippen LogP contribution in [0.15, 0.2) is 24.3 Å². The lowest BCUT2D eigenvalue weighted by molar-refractivity contribution is -0.144. The molecular weight excluding hydrogens is 228 g/mol. The summed E-state index contributed by atoms with van der Waals surface area (Å²) in [6.45, 7) is 4.44. The first-order chi connectivity index (χ1) is 8.39. The van der Waals surface area contributed by atoms with Crippen molar-refractivity contribution in [1.82, 2.24) is 5.32 Å². The summed E-state index contributed by atoms with van der Waals surface area (Å²) in [6.07, 6.45) is 0.545. The number of hydrogen-bond donors (Lipinski definition) is 2. The molecule has 100 valence electrons. The average molecular weight is 250 g/mol. The number of carboxylic acid groups (broad SMARTS) is 1. The van der Waals surface area contributed by atoms with Gasteiger partial charge in [-0.2, -0.15) is 0 Å². The molecule has 1 rings (SSSR count). The molecule has 0 aromatic heterocycles. The molecule has 1 atom stereocenters. The van der Waals surface area contributed by atoms with Gasteiger partial charge in [0.25, 0.3) is 0 Å². The molecule has 2 N–H and O–H groups in total. The summed E-state index contributed by atoms with van der Waals surface area (Å²) in [4.78, 5) is 13.2. The van der Waals surface area contributed by atoms with E-state index in [-0.39, 0.29) is 0 Å². The third-order valence-electron chi connectivity index (χ3n) is 3.41. The minimum absolute atomic E-state index is 0.545. The van der Waals surface area contributed by atoms with Crippen LogP contribution >= 0.6 is 0 Å². The quantitative estimate of drug-likeness (QED) is 0.809. The lowest BCUT2D eigenvalue weighted by Crippen LogP contribution is -2.49. The molecule has 1 aromatic rings. The normalized spacial score (nSPS) is 14.0. The molecule has 4 heteroatoms. The van der Waals surface area contributed by atoms with Gasteiger partial charge < -0.3 is 15.3 Å². The number of nitrogens with one attached hydrogen (secondary N) is 1. The number of carbonyl (C=O) groups is 1. The Balaban J connectivity index is 2.66. The van der Waals surface area contributed by atoms with Gasteiger partial charge in [0.15, 0.2) is 0 Å². The fraction of sp³-hybridized carbons (Fsp3) is 0.500. The lowest BCUT2D eigenvalue weighted by atomic mass is 9.98. The van der Waals surface area contributed by atoms with Gasteiger partial charge in [0.1, 0.15) is 5.54 Å². The highest BCUT2D eigenvalue weighted by molar-refractivity contribution is 5.78. The molecule has 0 fully saturated rings. The second-order valence-electron chi connectivity index (χ2n) is 4.90. The number of carboxylic acids is 1. The summed E-state index contributed by atoms with van der Waals surface area (Å²) >= 11 is 0. The Morgan fingerprint density at radius 3 is 2.67 bits per heavy atom. The zero-order valence-corrected chi connectivity index (χ0v) is 11.5. The average Bonchev–Trinajstić information content (AvgIpc) is 2.35. The van der Waals surface area contributed by atoms with Crippen molar-refractivity contribution in [2.75, 3.05) is 25.5 Å². The summed E-state index contributed by atoms with van der Waals surface area (Å²) in [6, 6.07) is 8.18. The van der Waals surface area contributed by atoms with Crippen LogP contribution in [-0.4, -0.2) is 37.3 Å². The zero-order valence-electron chi connectivity index (χ0n) is 11.5. The number of likely N-dealkylation sites (N-methyl/N-ethyl adjacent to an activating group) is 1. The third kappa shape index (κ3) is 3.47. The Bertz CT molecular complexity index is 420. The van der Waals surface area contributed by atoms with Gasteiger partial charge in [-0.3, -0.25) is 4.79 Å². The van der Waals surface area contributed by atoms with E-state index in [2.05, 4.69) is 16.3 Å². The highest BCUT2D eigenvalue weighted by atomic mass is 16.4. The molecule has 18 heavy (non-hydrogen) atoms. The van der Waals surface area contributed by atoms with E-state index in [0.717, 1.165) is 5.69 Å². The number of aliphatic carboxylic acids is 1. The van der Waals surface area contributed by atoms with Gasteiger partial charge in [-0.15, -0.1) is 0 Å². The van der Waals surface area contributed by atoms with E-state index in [1.807, 2.05) is 32.2 Å². The number of aryl methyl sites for hydroxylation is 1. The van der Waals surface area contributed by atoms with Crippen molar-refractivity contribution in [2.45, 2.75) is 25.8 Å². The fourth-order valence-electron chi connectivity index (χ4n) is 1.72. The molecule has 0 aliphatic rings. The molecule has 1 aromatic carbocycles. The van der Waals surface area contributed by atoms with Crippen LogP contribution < -0.4 is 10.2 Å². The largest absolute Gasteiger partial charge is 0.480 e. The summed E-state index contributed by atoms with van der Waals surface area (Å²) in [5.41, 5.74) is 1.44. The van der Waals surface area contributed by atoms with Crippen LogP contribution in [0.25, 0.3) is 0 Å². The zero-order chi connectivity index (χ0) is 13.8. The van der Waals surface area contributed by atoms with E-state index in [1.54, 1.807) is 14.0 Å². The summed E-state index contributed by atoms with van der Waals surface area (Å²) in [5, 5.41) is 12.0. The Kier molecular flexibility index (Phi) is 4.73. The summed E-state index contributed by atoms with van der Waals surface area (Å²) in [5.74, 6) is -0.817. The first kappa shape index (κ1) is 14.5. The standard InChI is InChI=1S/C14H22N2O2/c1-11-6-5-7-12(10-11)16(4)9-8-14(2,15-3)13(17)18/h5-7,10,15H,8-9H2,1-4H3,(H,17,18). The van der Waals surface area contributed by atoms with Crippen molar-refractivity contribution in [3.63, 3.8) is 0 Å². The number of nitrogens with zero attached hydrogens (tertiary/aromatic N) is 1. The van der Waals surface area contributed by atoms with Crippen LogP contribution in [-0.2, 0) is 4.79 Å². The molecule has 0 saturated carbocycles. The van der Waals surface area contributed by atoms with Crippen molar-refractivity contribution >= 4 is 11.7 Å². The summed E-state index contributed by atoms with van der Waals surface area (Å²) in [7, 11) is 3.66. The second-order valence-corrected chi connectivity index (χ2v) is 4.90. The van der Waals surface area contributed by atoms with E-state index in [0.29, 0.717) is 13.0 Å². The minimum Gasteiger partial charge on any atom is -0.480 e. The van der Waals surface area contributed by atoms with E-state index in [4.69, 9.17) is 0 Å². The molecular formula is C14H22N2O2. The highest BCUT2D eigenvalue weighted by Gasteiger charge is 2.30. The van der Waals surface area contributed by atoms with E-state index < -0.39 is 11.5 Å². The first-order valence-corrected chi connectivity index (χ1v) is 6.09. The van der Waals surface area contributed by atoms with Crippen LogP contribution in [0.5, 0.6) is 0 Å². The Labute approximate surface area is 109 Å². The van der Waals surface area contributed by atoms with Gasteiger partial charge in [0.05, 0.1) is 0 Å². The van der Waals surface area contributed by atoms with Gasteiger partial charge in [0, 0.05) is 19.3 Å². The molecule has 0 amide bonds. The maximum Gasteiger partial charge on any atom is 0.323 e. The monoisotopic (exact) mass is 250 g/mol. The smallest absolute Gasteiger partial charge is 0.323 e. The van der Waals surface area contributed by atoms with E-state index in [9.17, 15) is 9.90 Å². The maximum atomic E-state index is 11.2. The Hall–Kier alpha value is -1.55. The van der Waals surface area contributed by atoms with Crippen LogP contribution in [0.2, 0.25) is 0 Å². The number of hydrogen-bond acceptors (Lipinski definition) is 3. The topological polar surface area (TPSA) is 52.6 Å². The highest BCUT2D eigenvalue weighted by Crippen LogP contribution is 2.17. The molecule has 0 spiro atoms. The Morgan fingerprint density at radius 2 is 2.17 bits per heavy atom. The molecule has 0 bridgehead atoms. The predicted octanol–water partition coefficient (Wildman–Crippen LogP) is 1.88. The minimum atomic E-state index is -0.877. The van der Waals surface area contributed by atoms with Crippen LogP contribution in [0.3, 0.4) is 0 Å². The molecule has 1 unspecified atom stereocenters. The van der Waals surface area contributed by atoms with Gasteiger partial charge in [-0.05, 0) is 45.0 Å². The van der Waals surface area contributed by atoms with E-state index >= 15 is 0 Å². The van der Waals surface area contributed by atoms with E-state index in [1.165, 1.54) is 5.56 Å². The molecule has 0 saturated heterocycles. The third-order valence-corrected chi connectivity index (χ3v) is 3.41. The molecule has 4 nitrogen and oxygen atoms in total. The van der Waals surface area contributed by atoms with Gasteiger partial charge >= 0.3 is 5.97 Å². The maximum absolute atomic E-state index is 11.2. The number of anilines is 1. The summed E-state index contributed by atoms with van der Waals surface area (Å²) < 4.78 is 0. The van der Waals surface area contributed by atoms with Crippen molar-refractivity contribution in [1.29, 1.82) is 0 Å². The van der Waals surface area contributed by atoms with Crippen LogP contribution in [0, 0.1) is 6.92 Å². The molecule has 0 heterocycles. The van der Waals surface area contributed by atoms with Gasteiger partial charge in [-0.25, -0.2) is 0 Å².